The maximum absolute atomic E-state index is 11.1. The fourth-order valence-corrected chi connectivity index (χ4v) is 2.84. The molecule has 2 N–H and O–H groups in total. The highest BCUT2D eigenvalue weighted by molar-refractivity contribution is 5.68. The van der Waals surface area contributed by atoms with Crippen LogP contribution in [0.3, 0.4) is 0 Å². The van der Waals surface area contributed by atoms with Crippen molar-refractivity contribution < 1.29 is 9.90 Å². The molecular weight excluding hydrogens is 226 g/mol. The van der Waals surface area contributed by atoms with E-state index in [0.29, 0.717) is 0 Å². The third-order valence-corrected chi connectivity index (χ3v) is 3.76. The Bertz CT molecular complexity index is 430. The van der Waals surface area contributed by atoms with Gasteiger partial charge in [0.25, 0.3) is 0 Å². The van der Waals surface area contributed by atoms with Gasteiger partial charge in [-0.1, -0.05) is 31.2 Å². The Kier molecular flexibility index (Phi) is 4.02. The van der Waals surface area contributed by atoms with E-state index in [1.807, 2.05) is 6.07 Å². The highest BCUT2D eigenvalue weighted by Gasteiger charge is 2.35. The molecular formula is C15H21NO2. The van der Waals surface area contributed by atoms with Crippen LogP contribution >= 0.6 is 0 Å². The van der Waals surface area contributed by atoms with Crippen molar-refractivity contribution in [2.45, 2.75) is 44.6 Å². The van der Waals surface area contributed by atoms with Gasteiger partial charge in [0.05, 0.1) is 6.42 Å². The summed E-state index contributed by atoms with van der Waals surface area (Å²) in [4.78, 5) is 11.1. The van der Waals surface area contributed by atoms with Crippen LogP contribution in [0.25, 0.3) is 0 Å². The zero-order chi connectivity index (χ0) is 13.0. The minimum atomic E-state index is -0.710. The summed E-state index contributed by atoms with van der Waals surface area (Å²) in [6.07, 6.45) is 3.95. The van der Waals surface area contributed by atoms with Crippen molar-refractivity contribution in [3.8, 4) is 0 Å². The molecule has 0 aromatic heterocycles. The minimum absolute atomic E-state index is 0.210. The van der Waals surface area contributed by atoms with Crippen LogP contribution in [0.4, 0.5) is 0 Å². The van der Waals surface area contributed by atoms with E-state index < -0.39 is 5.97 Å². The molecule has 0 bridgehead atoms. The molecule has 3 heteroatoms. The molecule has 98 valence electrons. The van der Waals surface area contributed by atoms with E-state index in [1.165, 1.54) is 11.1 Å². The van der Waals surface area contributed by atoms with E-state index >= 15 is 0 Å². The predicted molar refractivity (Wildman–Crippen MR) is 71.7 cm³/mol. The van der Waals surface area contributed by atoms with Crippen molar-refractivity contribution in [3.63, 3.8) is 0 Å². The van der Waals surface area contributed by atoms with Crippen LogP contribution in [0.5, 0.6) is 0 Å². The van der Waals surface area contributed by atoms with Gasteiger partial charge in [-0.3, -0.25) is 4.79 Å². The Morgan fingerprint density at radius 2 is 2.11 bits per heavy atom. The standard InChI is InChI=1S/C15H21NO2/c1-2-9-16-15(11-14(17)18)8-7-12-5-3-4-6-13(12)10-15/h3-6,16H,2,7-11H2,1H3,(H,17,18). The van der Waals surface area contributed by atoms with Crippen molar-refractivity contribution in [2.75, 3.05) is 6.54 Å². The van der Waals surface area contributed by atoms with Gasteiger partial charge in [0.1, 0.15) is 0 Å². The number of carboxylic acid groups (broad SMARTS) is 1. The van der Waals surface area contributed by atoms with Gasteiger partial charge in [-0.2, -0.15) is 0 Å². The van der Waals surface area contributed by atoms with Crippen LogP contribution in [0.15, 0.2) is 24.3 Å². The van der Waals surface area contributed by atoms with Gasteiger partial charge in [-0.25, -0.2) is 0 Å². The summed E-state index contributed by atoms with van der Waals surface area (Å²) >= 11 is 0. The summed E-state index contributed by atoms with van der Waals surface area (Å²) in [6.45, 7) is 2.99. The molecule has 3 nitrogen and oxygen atoms in total. The normalized spacial score (nSPS) is 22.5. The molecule has 0 aliphatic heterocycles. The molecule has 2 rings (SSSR count). The van der Waals surface area contributed by atoms with Crippen molar-refractivity contribution in [1.29, 1.82) is 0 Å². The third kappa shape index (κ3) is 2.91. The second kappa shape index (κ2) is 5.53. The molecule has 18 heavy (non-hydrogen) atoms. The number of hydrogen-bond acceptors (Lipinski definition) is 2. The largest absolute Gasteiger partial charge is 0.481 e. The SMILES string of the molecule is CCCNC1(CC(=O)O)CCc2ccccc2C1. The van der Waals surface area contributed by atoms with Crippen LogP contribution < -0.4 is 5.32 Å². The molecule has 0 amide bonds. The van der Waals surface area contributed by atoms with Crippen LogP contribution in [-0.2, 0) is 17.6 Å². The molecule has 0 saturated carbocycles. The molecule has 0 radical (unpaired) electrons. The van der Waals surface area contributed by atoms with Crippen molar-refractivity contribution in [3.05, 3.63) is 35.4 Å². The summed E-state index contributed by atoms with van der Waals surface area (Å²) in [5.74, 6) is -0.710. The lowest BCUT2D eigenvalue weighted by atomic mass is 9.76. The number of aryl methyl sites for hydroxylation is 1. The number of aliphatic carboxylic acids is 1. The van der Waals surface area contributed by atoms with E-state index in [4.69, 9.17) is 5.11 Å². The molecule has 1 atom stereocenters. The van der Waals surface area contributed by atoms with Crippen LogP contribution in [0.2, 0.25) is 0 Å². The molecule has 1 aromatic carbocycles. The highest BCUT2D eigenvalue weighted by atomic mass is 16.4. The number of carboxylic acids is 1. The smallest absolute Gasteiger partial charge is 0.305 e. The van der Waals surface area contributed by atoms with Gasteiger partial charge in [0.2, 0.25) is 0 Å². The summed E-state index contributed by atoms with van der Waals surface area (Å²) < 4.78 is 0. The number of fused-ring (bicyclic) bond motifs is 1. The Balaban J connectivity index is 2.19. The Morgan fingerprint density at radius 3 is 2.78 bits per heavy atom. The van der Waals surface area contributed by atoms with Crippen molar-refractivity contribution in [1.82, 2.24) is 5.32 Å². The lowest BCUT2D eigenvalue weighted by Gasteiger charge is -2.38. The molecule has 1 aliphatic carbocycles. The van der Waals surface area contributed by atoms with Crippen molar-refractivity contribution >= 4 is 5.97 Å². The van der Waals surface area contributed by atoms with Crippen LogP contribution in [0.1, 0.15) is 37.3 Å². The average Bonchev–Trinajstić information content (AvgIpc) is 2.35. The van der Waals surface area contributed by atoms with E-state index in [-0.39, 0.29) is 12.0 Å². The first-order valence-electron chi connectivity index (χ1n) is 6.69. The fourth-order valence-electron chi connectivity index (χ4n) is 2.84. The monoisotopic (exact) mass is 247 g/mol. The fraction of sp³-hybridized carbons (Fsp3) is 0.533. The third-order valence-electron chi connectivity index (χ3n) is 3.76. The number of hydrogen-bond donors (Lipinski definition) is 2. The number of nitrogens with one attached hydrogen (secondary N) is 1. The summed E-state index contributed by atoms with van der Waals surface area (Å²) in [5, 5.41) is 12.6. The molecule has 1 aliphatic rings. The predicted octanol–water partition coefficient (Wildman–Crippen LogP) is 2.39. The first-order valence-corrected chi connectivity index (χ1v) is 6.69. The number of carbonyl (C=O) groups is 1. The summed E-state index contributed by atoms with van der Waals surface area (Å²) in [6, 6.07) is 8.37. The summed E-state index contributed by atoms with van der Waals surface area (Å²) in [5.41, 5.74) is 2.42. The zero-order valence-electron chi connectivity index (χ0n) is 10.9. The van der Waals surface area contributed by atoms with Crippen LogP contribution in [-0.4, -0.2) is 23.2 Å². The Hall–Kier alpha value is -1.35. The Morgan fingerprint density at radius 1 is 1.39 bits per heavy atom. The first-order chi connectivity index (χ1) is 8.65. The van der Waals surface area contributed by atoms with Gasteiger partial charge in [0, 0.05) is 5.54 Å². The van der Waals surface area contributed by atoms with Gasteiger partial charge in [0.15, 0.2) is 0 Å². The van der Waals surface area contributed by atoms with E-state index in [0.717, 1.165) is 32.2 Å². The van der Waals surface area contributed by atoms with Gasteiger partial charge in [-0.15, -0.1) is 0 Å². The number of benzene rings is 1. The van der Waals surface area contributed by atoms with Gasteiger partial charge in [-0.05, 0) is 43.4 Å². The van der Waals surface area contributed by atoms with Gasteiger partial charge < -0.3 is 10.4 Å². The molecule has 0 spiro atoms. The first kappa shape index (κ1) is 13.1. The van der Waals surface area contributed by atoms with E-state index in [2.05, 4.69) is 30.4 Å². The van der Waals surface area contributed by atoms with E-state index in [1.54, 1.807) is 0 Å². The molecule has 1 unspecified atom stereocenters. The average molecular weight is 247 g/mol. The molecule has 0 saturated heterocycles. The molecule has 0 heterocycles. The second-order valence-electron chi connectivity index (χ2n) is 5.22. The quantitative estimate of drug-likeness (QED) is 0.840. The van der Waals surface area contributed by atoms with E-state index in [9.17, 15) is 4.79 Å². The lowest BCUT2D eigenvalue weighted by Crippen LogP contribution is -2.51. The molecule has 1 aromatic rings. The minimum Gasteiger partial charge on any atom is -0.481 e. The summed E-state index contributed by atoms with van der Waals surface area (Å²) in [7, 11) is 0. The van der Waals surface area contributed by atoms with Crippen molar-refractivity contribution in [2.24, 2.45) is 0 Å². The van der Waals surface area contributed by atoms with Gasteiger partial charge >= 0.3 is 5.97 Å². The zero-order valence-corrected chi connectivity index (χ0v) is 10.9. The molecule has 0 fully saturated rings. The lowest BCUT2D eigenvalue weighted by molar-refractivity contribution is -0.138. The van der Waals surface area contributed by atoms with Crippen LogP contribution in [0, 0.1) is 0 Å². The topological polar surface area (TPSA) is 49.3 Å². The second-order valence-corrected chi connectivity index (χ2v) is 5.22. The Labute approximate surface area is 108 Å². The maximum atomic E-state index is 11.1. The maximum Gasteiger partial charge on any atom is 0.305 e. The highest BCUT2D eigenvalue weighted by Crippen LogP contribution is 2.31. The number of rotatable bonds is 5.